The minimum atomic E-state index is -3.95. The van der Waals surface area contributed by atoms with Crippen molar-refractivity contribution in [1.29, 1.82) is 0 Å². The van der Waals surface area contributed by atoms with Crippen molar-refractivity contribution in [3.63, 3.8) is 0 Å². The largest absolute Gasteiger partial charge is 0.464 e. The molecule has 0 aromatic rings. The molecule has 0 aromatic carbocycles. The van der Waals surface area contributed by atoms with E-state index in [4.69, 9.17) is 0 Å². The van der Waals surface area contributed by atoms with Crippen molar-refractivity contribution < 1.29 is 31.7 Å². The van der Waals surface area contributed by atoms with Gasteiger partial charge >= 0.3 is 11.9 Å². The molecule has 0 saturated carbocycles. The molecular weight excluding hydrogens is 240 g/mol. The van der Waals surface area contributed by atoms with Crippen molar-refractivity contribution in [2.45, 2.75) is 20.0 Å². The highest BCUT2D eigenvalue weighted by atomic mass is 32.2. The summed E-state index contributed by atoms with van der Waals surface area (Å²) in [5.41, 5.74) is 0. The smallest absolute Gasteiger partial charge is 0.348 e. The van der Waals surface area contributed by atoms with Crippen molar-refractivity contribution in [2.75, 3.05) is 19.5 Å². The quantitative estimate of drug-likeness (QED) is 0.356. The number of hydrogen-bond donors (Lipinski definition) is 0. The van der Waals surface area contributed by atoms with Crippen LogP contribution >= 0.6 is 0 Å². The third-order valence-electron chi connectivity index (χ3n) is 1.27. The van der Waals surface area contributed by atoms with Gasteiger partial charge in [-0.3, -0.25) is 0 Å². The maximum Gasteiger partial charge on any atom is 0.348 e. The van der Waals surface area contributed by atoms with Gasteiger partial charge in [0, 0.05) is 0 Å². The van der Waals surface area contributed by atoms with Crippen LogP contribution in [-0.2, 0) is 33.4 Å². The lowest BCUT2D eigenvalue weighted by molar-refractivity contribution is -0.165. The summed E-state index contributed by atoms with van der Waals surface area (Å²) < 4.78 is 34.9. The Morgan fingerprint density at radius 1 is 1.06 bits per heavy atom. The molecule has 0 aromatic heterocycles. The lowest BCUT2D eigenvalue weighted by Gasteiger charge is -2.13. The predicted molar refractivity (Wildman–Crippen MR) is 53.0 cm³/mol. The Morgan fingerprint density at radius 3 is 1.69 bits per heavy atom. The molecule has 0 aliphatic rings. The first-order valence-electron chi connectivity index (χ1n) is 4.53. The zero-order valence-corrected chi connectivity index (χ0v) is 10.1. The first-order chi connectivity index (χ1) is 7.31. The monoisotopic (exact) mass is 254 g/mol. The van der Waals surface area contributed by atoms with Gasteiger partial charge in [-0.25, -0.2) is 13.8 Å². The maximum atomic E-state index is 11.2. The first-order valence-corrected chi connectivity index (χ1v) is 6.35. The summed E-state index contributed by atoms with van der Waals surface area (Å²) in [5, 5.41) is 0. The molecule has 0 heterocycles. The summed E-state index contributed by atoms with van der Waals surface area (Å²) in [5.74, 6) is -2.18. The molecule has 7 nitrogen and oxygen atoms in total. The molecule has 0 aliphatic carbocycles. The van der Waals surface area contributed by atoms with Crippen LogP contribution in [0.4, 0.5) is 0 Å². The summed E-state index contributed by atoms with van der Waals surface area (Å²) in [6.07, 6.45) is -1.17. The van der Waals surface area contributed by atoms with Crippen LogP contribution in [0.1, 0.15) is 13.8 Å². The van der Waals surface area contributed by atoms with Crippen molar-refractivity contribution in [2.24, 2.45) is 0 Å². The van der Waals surface area contributed by atoms with Crippen LogP contribution in [0, 0.1) is 0 Å². The fourth-order valence-electron chi connectivity index (χ4n) is 0.785. The second-order valence-electron chi connectivity index (χ2n) is 2.68. The van der Waals surface area contributed by atoms with E-state index in [1.165, 1.54) is 13.8 Å². The van der Waals surface area contributed by atoms with Crippen molar-refractivity contribution in [1.82, 2.24) is 0 Å². The van der Waals surface area contributed by atoms with E-state index in [-0.39, 0.29) is 13.2 Å². The van der Waals surface area contributed by atoms with E-state index in [9.17, 15) is 18.0 Å². The van der Waals surface area contributed by atoms with Crippen LogP contribution in [-0.4, -0.2) is 45.9 Å². The molecule has 0 unspecified atom stereocenters. The second-order valence-corrected chi connectivity index (χ2v) is 4.29. The van der Waals surface area contributed by atoms with Gasteiger partial charge in [0.2, 0.25) is 0 Å². The van der Waals surface area contributed by atoms with Crippen LogP contribution < -0.4 is 0 Å². The van der Waals surface area contributed by atoms with E-state index in [2.05, 4.69) is 13.7 Å². The summed E-state index contributed by atoms with van der Waals surface area (Å²) in [6.45, 7) is 3.03. The van der Waals surface area contributed by atoms with Crippen LogP contribution in [0.3, 0.4) is 0 Å². The lowest BCUT2D eigenvalue weighted by atomic mass is 10.4. The van der Waals surface area contributed by atoms with Crippen molar-refractivity contribution in [3.8, 4) is 0 Å². The van der Waals surface area contributed by atoms with Crippen LogP contribution in [0.15, 0.2) is 0 Å². The summed E-state index contributed by atoms with van der Waals surface area (Å²) in [4.78, 5) is 22.4. The van der Waals surface area contributed by atoms with E-state index in [1.807, 2.05) is 0 Å². The molecule has 8 heteroatoms. The fourth-order valence-corrected chi connectivity index (χ4v) is 1.29. The van der Waals surface area contributed by atoms with Crippen LogP contribution in [0.5, 0.6) is 0 Å². The van der Waals surface area contributed by atoms with E-state index < -0.39 is 28.2 Å². The number of carbonyl (C=O) groups excluding carboxylic acids is 2. The van der Waals surface area contributed by atoms with Gasteiger partial charge in [0.15, 0.2) is 0 Å². The molecular formula is C8H14O7S. The Bertz CT molecular complexity index is 327. The Kier molecular flexibility index (Phi) is 5.97. The minimum absolute atomic E-state index is 0.00185. The molecule has 0 atom stereocenters. The Labute approximate surface area is 93.8 Å². The SMILES string of the molecule is CCOC(=O)C(OS(C)(=O)=O)C(=O)OCC. The molecule has 0 rings (SSSR count). The maximum absolute atomic E-state index is 11.2. The molecule has 94 valence electrons. The molecule has 0 radical (unpaired) electrons. The van der Waals surface area contributed by atoms with E-state index in [0.29, 0.717) is 0 Å². The van der Waals surface area contributed by atoms with E-state index >= 15 is 0 Å². The molecule has 0 aliphatic heterocycles. The predicted octanol–water partition coefficient (Wildman–Crippen LogP) is -0.543. The third kappa shape index (κ3) is 5.66. The third-order valence-corrected chi connectivity index (χ3v) is 1.81. The van der Waals surface area contributed by atoms with Crippen LogP contribution in [0.25, 0.3) is 0 Å². The topological polar surface area (TPSA) is 96.0 Å². The minimum Gasteiger partial charge on any atom is -0.464 e. The van der Waals surface area contributed by atoms with Crippen LogP contribution in [0.2, 0.25) is 0 Å². The average molecular weight is 254 g/mol. The van der Waals surface area contributed by atoms with Gasteiger partial charge in [-0.15, -0.1) is 0 Å². The van der Waals surface area contributed by atoms with Crippen molar-refractivity contribution >= 4 is 22.1 Å². The first kappa shape index (κ1) is 14.8. The molecule has 0 fully saturated rings. The van der Waals surface area contributed by atoms with Gasteiger partial charge < -0.3 is 9.47 Å². The number of carbonyl (C=O) groups is 2. The fraction of sp³-hybridized carbons (Fsp3) is 0.750. The van der Waals surface area contributed by atoms with E-state index in [0.717, 1.165) is 6.26 Å². The number of rotatable bonds is 6. The Morgan fingerprint density at radius 2 is 1.44 bits per heavy atom. The van der Waals surface area contributed by atoms with Gasteiger partial charge in [-0.1, -0.05) is 0 Å². The zero-order chi connectivity index (χ0) is 12.8. The number of esters is 2. The standard InChI is InChI=1S/C8H14O7S/c1-4-13-7(9)6(8(10)14-5-2)15-16(3,11)12/h6H,4-5H2,1-3H3. The van der Waals surface area contributed by atoms with Gasteiger partial charge in [0.1, 0.15) is 0 Å². The lowest BCUT2D eigenvalue weighted by Crippen LogP contribution is -2.37. The summed E-state index contributed by atoms with van der Waals surface area (Å²) >= 11 is 0. The van der Waals surface area contributed by atoms with Gasteiger partial charge in [0.25, 0.3) is 16.2 Å². The summed E-state index contributed by atoms with van der Waals surface area (Å²) in [6, 6.07) is 0. The zero-order valence-electron chi connectivity index (χ0n) is 9.26. The number of hydrogen-bond acceptors (Lipinski definition) is 7. The molecule has 0 amide bonds. The number of ether oxygens (including phenoxy) is 2. The van der Waals surface area contributed by atoms with Gasteiger partial charge in [-0.05, 0) is 13.8 Å². The molecule has 16 heavy (non-hydrogen) atoms. The summed E-state index contributed by atoms with van der Waals surface area (Å²) in [7, 11) is -3.95. The molecule has 0 bridgehead atoms. The molecule has 0 saturated heterocycles. The van der Waals surface area contributed by atoms with Crippen molar-refractivity contribution in [3.05, 3.63) is 0 Å². The van der Waals surface area contributed by atoms with E-state index in [1.54, 1.807) is 0 Å². The normalized spacial score (nSPS) is 11.2. The van der Waals surface area contributed by atoms with Gasteiger partial charge in [-0.2, -0.15) is 8.42 Å². The highest BCUT2D eigenvalue weighted by Gasteiger charge is 2.34. The Hall–Kier alpha value is -1.15. The molecule has 0 N–H and O–H groups in total. The highest BCUT2D eigenvalue weighted by Crippen LogP contribution is 2.03. The van der Waals surface area contributed by atoms with Gasteiger partial charge in [0.05, 0.1) is 19.5 Å². The Balaban J connectivity index is 4.76. The second kappa shape index (κ2) is 6.44. The average Bonchev–Trinajstić information content (AvgIpc) is 2.13. The molecule has 0 spiro atoms. The highest BCUT2D eigenvalue weighted by molar-refractivity contribution is 7.86.